The molecule has 5 heteroatoms. The van der Waals surface area contributed by atoms with Crippen LogP contribution >= 0.6 is 0 Å². The lowest BCUT2D eigenvalue weighted by molar-refractivity contribution is 0.0600. The van der Waals surface area contributed by atoms with E-state index in [1.54, 1.807) is 12.2 Å². The van der Waals surface area contributed by atoms with Gasteiger partial charge in [-0.15, -0.1) is 0 Å². The summed E-state index contributed by atoms with van der Waals surface area (Å²) >= 11 is 0. The normalized spacial score (nSPS) is 10.5. The maximum absolute atomic E-state index is 11.9. The summed E-state index contributed by atoms with van der Waals surface area (Å²) in [5.74, 6) is -1.25. The molecule has 0 unspecified atom stereocenters. The molecule has 2 aromatic rings. The number of rotatable bonds is 4. The van der Waals surface area contributed by atoms with Gasteiger partial charge in [-0.3, -0.25) is 4.79 Å². The number of aromatic hydroxyl groups is 1. The van der Waals surface area contributed by atoms with E-state index < -0.39 is 11.9 Å². The Hall–Kier alpha value is -3.08. The van der Waals surface area contributed by atoms with Gasteiger partial charge in [0.15, 0.2) is 0 Å². The first kappa shape index (κ1) is 16.3. The Kier molecular flexibility index (Phi) is 5.15. The van der Waals surface area contributed by atoms with E-state index in [1.165, 1.54) is 26.3 Å². The molecule has 0 heterocycles. The molecule has 23 heavy (non-hydrogen) atoms. The fourth-order valence-corrected chi connectivity index (χ4v) is 2.08. The van der Waals surface area contributed by atoms with Crippen LogP contribution in [0, 0.1) is 0 Å². The summed E-state index contributed by atoms with van der Waals surface area (Å²) in [6.07, 6.45) is 3.42. The third kappa shape index (κ3) is 3.77. The summed E-state index contributed by atoms with van der Waals surface area (Å²) in [5.41, 5.74) is 1.49. The van der Waals surface area contributed by atoms with Crippen molar-refractivity contribution in [2.45, 2.75) is 0 Å². The monoisotopic (exact) mass is 311 g/mol. The second-order valence-electron chi connectivity index (χ2n) is 4.78. The van der Waals surface area contributed by atoms with Crippen molar-refractivity contribution in [3.63, 3.8) is 0 Å². The molecule has 0 saturated heterocycles. The second-order valence-corrected chi connectivity index (χ2v) is 4.78. The van der Waals surface area contributed by atoms with Crippen LogP contribution in [0.5, 0.6) is 5.75 Å². The van der Waals surface area contributed by atoms with Gasteiger partial charge in [-0.05, 0) is 17.7 Å². The Bertz CT molecular complexity index is 751. The average molecular weight is 311 g/mol. The molecular weight excluding hydrogens is 294 g/mol. The first-order valence-corrected chi connectivity index (χ1v) is 6.97. The molecule has 118 valence electrons. The molecule has 0 atom stereocenters. The van der Waals surface area contributed by atoms with E-state index in [1.807, 2.05) is 30.3 Å². The van der Waals surface area contributed by atoms with Crippen LogP contribution in [0.1, 0.15) is 31.8 Å². The van der Waals surface area contributed by atoms with E-state index in [4.69, 9.17) is 0 Å². The molecule has 0 fully saturated rings. The smallest absolute Gasteiger partial charge is 0.337 e. The van der Waals surface area contributed by atoms with E-state index >= 15 is 0 Å². The number of methoxy groups -OCH3 is 1. The Morgan fingerprint density at radius 1 is 1.13 bits per heavy atom. The van der Waals surface area contributed by atoms with Crippen LogP contribution in [0.25, 0.3) is 12.2 Å². The van der Waals surface area contributed by atoms with E-state index in [9.17, 15) is 14.7 Å². The van der Waals surface area contributed by atoms with E-state index in [-0.39, 0.29) is 16.9 Å². The number of hydrogen-bond donors (Lipinski definition) is 2. The summed E-state index contributed by atoms with van der Waals surface area (Å²) in [7, 11) is 2.71. The summed E-state index contributed by atoms with van der Waals surface area (Å²) < 4.78 is 4.69. The van der Waals surface area contributed by atoms with Gasteiger partial charge in [0, 0.05) is 12.6 Å². The van der Waals surface area contributed by atoms with Crippen LogP contribution in [0.3, 0.4) is 0 Å². The predicted octanol–water partition coefficient (Wildman–Crippen LogP) is 2.71. The molecule has 0 bridgehead atoms. The zero-order valence-corrected chi connectivity index (χ0v) is 12.9. The molecule has 0 aliphatic carbocycles. The minimum Gasteiger partial charge on any atom is -0.506 e. The summed E-state index contributed by atoms with van der Waals surface area (Å²) in [5, 5.41) is 12.7. The number of ether oxygens (including phenoxy) is 1. The molecule has 0 aromatic heterocycles. The summed E-state index contributed by atoms with van der Waals surface area (Å²) in [6, 6.07) is 12.3. The van der Waals surface area contributed by atoms with Crippen LogP contribution in [-0.4, -0.2) is 31.1 Å². The van der Waals surface area contributed by atoms with Gasteiger partial charge in [-0.1, -0.05) is 42.5 Å². The highest BCUT2D eigenvalue weighted by Gasteiger charge is 2.17. The van der Waals surface area contributed by atoms with Crippen molar-refractivity contribution >= 4 is 24.0 Å². The minimum absolute atomic E-state index is 0.0168. The number of carbonyl (C=O) groups excluding carboxylic acids is 2. The number of phenols is 1. The second kappa shape index (κ2) is 7.26. The first-order valence-electron chi connectivity index (χ1n) is 6.97. The van der Waals surface area contributed by atoms with E-state index in [0.717, 1.165) is 5.56 Å². The molecular formula is C18H17NO4. The van der Waals surface area contributed by atoms with Gasteiger partial charge < -0.3 is 15.2 Å². The Labute approximate surface area is 134 Å². The van der Waals surface area contributed by atoms with Crippen LogP contribution in [-0.2, 0) is 4.74 Å². The van der Waals surface area contributed by atoms with E-state index in [2.05, 4.69) is 10.1 Å². The van der Waals surface area contributed by atoms with Crippen molar-refractivity contribution in [2.24, 2.45) is 0 Å². The third-order valence-electron chi connectivity index (χ3n) is 3.29. The van der Waals surface area contributed by atoms with Crippen LogP contribution in [0.15, 0.2) is 42.5 Å². The molecule has 2 rings (SSSR count). The van der Waals surface area contributed by atoms with Gasteiger partial charge >= 0.3 is 5.97 Å². The van der Waals surface area contributed by atoms with Crippen molar-refractivity contribution in [3.05, 3.63) is 64.7 Å². The minimum atomic E-state index is -0.579. The number of esters is 1. The number of amides is 1. The molecule has 0 aliphatic rings. The Morgan fingerprint density at radius 2 is 1.83 bits per heavy atom. The van der Waals surface area contributed by atoms with Gasteiger partial charge in [0.2, 0.25) is 0 Å². The fraction of sp³-hybridized carbons (Fsp3) is 0.111. The zero-order chi connectivity index (χ0) is 16.8. The molecule has 0 aliphatic heterocycles. The Balaban J connectivity index is 2.50. The van der Waals surface area contributed by atoms with Crippen molar-refractivity contribution in [1.29, 1.82) is 0 Å². The third-order valence-corrected chi connectivity index (χ3v) is 3.29. The van der Waals surface area contributed by atoms with Crippen LogP contribution < -0.4 is 5.32 Å². The van der Waals surface area contributed by atoms with Gasteiger partial charge in [-0.25, -0.2) is 4.79 Å². The highest BCUT2D eigenvalue weighted by Crippen LogP contribution is 2.27. The van der Waals surface area contributed by atoms with Crippen molar-refractivity contribution in [3.8, 4) is 5.75 Å². The Morgan fingerprint density at radius 3 is 2.43 bits per heavy atom. The highest BCUT2D eigenvalue weighted by molar-refractivity contribution is 6.01. The van der Waals surface area contributed by atoms with Gasteiger partial charge in [0.1, 0.15) is 5.75 Å². The molecule has 0 radical (unpaired) electrons. The fourth-order valence-electron chi connectivity index (χ4n) is 2.08. The lowest BCUT2D eigenvalue weighted by Crippen LogP contribution is -2.19. The maximum atomic E-state index is 11.9. The SMILES string of the molecule is CNC(=O)c1cc(C(=O)OC)cc(C=Cc2ccccc2)c1O. The molecule has 2 aromatic carbocycles. The van der Waals surface area contributed by atoms with Crippen LogP contribution in [0.2, 0.25) is 0 Å². The average Bonchev–Trinajstić information content (AvgIpc) is 2.60. The van der Waals surface area contributed by atoms with Crippen molar-refractivity contribution < 1.29 is 19.4 Å². The molecule has 0 spiro atoms. The first-order chi connectivity index (χ1) is 11.1. The standard InChI is InChI=1S/C18H17NO4/c1-19-17(21)15-11-14(18(22)23-2)10-13(16(15)20)9-8-12-6-4-3-5-7-12/h3-11,20H,1-2H3,(H,19,21). The van der Waals surface area contributed by atoms with Gasteiger partial charge in [-0.2, -0.15) is 0 Å². The van der Waals surface area contributed by atoms with Crippen molar-refractivity contribution in [1.82, 2.24) is 5.32 Å². The predicted molar refractivity (Wildman–Crippen MR) is 88.2 cm³/mol. The topological polar surface area (TPSA) is 75.6 Å². The number of phenolic OH excluding ortho intramolecular Hbond substituents is 1. The lowest BCUT2D eigenvalue weighted by Gasteiger charge is -2.09. The quantitative estimate of drug-likeness (QED) is 0.672. The molecule has 2 N–H and O–H groups in total. The molecule has 5 nitrogen and oxygen atoms in total. The van der Waals surface area contributed by atoms with E-state index in [0.29, 0.717) is 5.56 Å². The summed E-state index contributed by atoms with van der Waals surface area (Å²) in [6.45, 7) is 0. The summed E-state index contributed by atoms with van der Waals surface area (Å²) in [4.78, 5) is 23.6. The molecule has 0 saturated carbocycles. The van der Waals surface area contributed by atoms with Gasteiger partial charge in [0.05, 0.1) is 18.2 Å². The van der Waals surface area contributed by atoms with Gasteiger partial charge in [0.25, 0.3) is 5.91 Å². The zero-order valence-electron chi connectivity index (χ0n) is 12.9. The highest BCUT2D eigenvalue weighted by atomic mass is 16.5. The maximum Gasteiger partial charge on any atom is 0.337 e. The number of hydrogen-bond acceptors (Lipinski definition) is 4. The van der Waals surface area contributed by atoms with Crippen LogP contribution in [0.4, 0.5) is 0 Å². The largest absolute Gasteiger partial charge is 0.506 e. The number of nitrogens with one attached hydrogen (secondary N) is 1. The lowest BCUT2D eigenvalue weighted by atomic mass is 10.0. The van der Waals surface area contributed by atoms with Crippen molar-refractivity contribution in [2.75, 3.05) is 14.2 Å². The molecule has 1 amide bonds. The number of benzene rings is 2. The number of carbonyl (C=O) groups is 2.